The fraction of sp³-hybridized carbons (Fsp3) is 0.0455. The number of nitrogens with zero attached hydrogens (tertiary/aromatic N) is 2. The first-order valence-electron chi connectivity index (χ1n) is 9.10. The first-order valence-corrected chi connectivity index (χ1v) is 10.1. The van der Waals surface area contributed by atoms with Gasteiger partial charge in [0.15, 0.2) is 0 Å². The number of nitrogens with one attached hydrogen (secondary N) is 2. The number of carbonyl (C=O) groups excluding carboxylic acids is 1. The number of carbonyl (C=O) groups is 1. The SMILES string of the molecule is O=C(Nc1ccc(F)cc1)Nc1ccc(SCc2nnc(-c3ccccc3)o2)cc1. The molecule has 0 spiro atoms. The summed E-state index contributed by atoms with van der Waals surface area (Å²) in [5.41, 5.74) is 2.04. The van der Waals surface area contributed by atoms with E-state index in [9.17, 15) is 9.18 Å². The maximum Gasteiger partial charge on any atom is 0.323 e. The van der Waals surface area contributed by atoms with Gasteiger partial charge >= 0.3 is 6.03 Å². The minimum Gasteiger partial charge on any atom is -0.420 e. The smallest absolute Gasteiger partial charge is 0.323 e. The third-order valence-electron chi connectivity index (χ3n) is 4.06. The number of urea groups is 1. The van der Waals surface area contributed by atoms with Crippen LogP contribution in [0, 0.1) is 5.82 Å². The van der Waals surface area contributed by atoms with E-state index in [1.54, 1.807) is 23.9 Å². The molecular formula is C22H17FN4O2S. The zero-order valence-electron chi connectivity index (χ0n) is 15.7. The molecule has 3 aromatic carbocycles. The van der Waals surface area contributed by atoms with Crippen molar-refractivity contribution in [2.75, 3.05) is 10.6 Å². The van der Waals surface area contributed by atoms with Gasteiger partial charge in [0.05, 0.1) is 5.75 Å². The first kappa shape index (κ1) is 19.7. The van der Waals surface area contributed by atoms with E-state index in [0.717, 1.165) is 10.5 Å². The lowest BCUT2D eigenvalue weighted by Crippen LogP contribution is -2.19. The molecule has 0 aliphatic rings. The van der Waals surface area contributed by atoms with Gasteiger partial charge in [0.2, 0.25) is 11.8 Å². The van der Waals surface area contributed by atoms with Crippen molar-refractivity contribution in [1.82, 2.24) is 10.2 Å². The Balaban J connectivity index is 1.29. The number of amides is 2. The molecule has 0 saturated heterocycles. The molecule has 0 saturated carbocycles. The molecule has 0 atom stereocenters. The van der Waals surface area contributed by atoms with Gasteiger partial charge in [-0.2, -0.15) is 0 Å². The van der Waals surface area contributed by atoms with Crippen LogP contribution in [0.25, 0.3) is 11.5 Å². The van der Waals surface area contributed by atoms with Crippen molar-refractivity contribution < 1.29 is 13.6 Å². The fourth-order valence-corrected chi connectivity index (χ4v) is 3.35. The summed E-state index contributed by atoms with van der Waals surface area (Å²) in [6.07, 6.45) is 0. The summed E-state index contributed by atoms with van der Waals surface area (Å²) < 4.78 is 18.6. The van der Waals surface area contributed by atoms with Gasteiger partial charge in [0.25, 0.3) is 0 Å². The van der Waals surface area contributed by atoms with Crippen molar-refractivity contribution in [2.45, 2.75) is 10.6 Å². The molecule has 0 aliphatic carbocycles. The molecule has 0 unspecified atom stereocenters. The van der Waals surface area contributed by atoms with Crippen molar-refractivity contribution in [3.8, 4) is 11.5 Å². The highest BCUT2D eigenvalue weighted by atomic mass is 32.2. The average molecular weight is 420 g/mol. The minimum atomic E-state index is -0.402. The zero-order chi connectivity index (χ0) is 20.8. The Kier molecular flexibility index (Phi) is 6.05. The van der Waals surface area contributed by atoms with Gasteiger partial charge in [0.1, 0.15) is 5.82 Å². The maximum atomic E-state index is 12.9. The van der Waals surface area contributed by atoms with Crippen molar-refractivity contribution in [1.29, 1.82) is 0 Å². The average Bonchev–Trinajstić information content (AvgIpc) is 3.25. The van der Waals surface area contributed by atoms with Gasteiger partial charge in [-0.3, -0.25) is 0 Å². The summed E-state index contributed by atoms with van der Waals surface area (Å²) in [4.78, 5) is 13.0. The highest BCUT2D eigenvalue weighted by Gasteiger charge is 2.09. The van der Waals surface area contributed by atoms with Crippen LogP contribution in [0.3, 0.4) is 0 Å². The molecule has 6 nitrogen and oxygen atoms in total. The van der Waals surface area contributed by atoms with Crippen molar-refractivity contribution in [3.63, 3.8) is 0 Å². The fourth-order valence-electron chi connectivity index (χ4n) is 2.62. The summed E-state index contributed by atoms with van der Waals surface area (Å²) in [7, 11) is 0. The molecule has 4 aromatic rings. The molecule has 0 fully saturated rings. The molecule has 0 bridgehead atoms. The summed E-state index contributed by atoms with van der Waals surface area (Å²) in [6.45, 7) is 0. The molecular weight excluding hydrogens is 403 g/mol. The molecule has 8 heteroatoms. The number of hydrogen-bond acceptors (Lipinski definition) is 5. The van der Waals surface area contributed by atoms with Crippen LogP contribution in [0.5, 0.6) is 0 Å². The Hall–Kier alpha value is -3.65. The molecule has 2 N–H and O–H groups in total. The van der Waals surface area contributed by atoms with Gasteiger partial charge in [-0.15, -0.1) is 22.0 Å². The molecule has 1 heterocycles. The third kappa shape index (κ3) is 5.24. The van der Waals surface area contributed by atoms with Gasteiger partial charge in [-0.1, -0.05) is 18.2 Å². The Morgan fingerprint density at radius 2 is 1.50 bits per heavy atom. The number of halogens is 1. The van der Waals surface area contributed by atoms with Crippen LogP contribution in [0.2, 0.25) is 0 Å². The number of thioether (sulfide) groups is 1. The van der Waals surface area contributed by atoms with E-state index < -0.39 is 6.03 Å². The first-order chi connectivity index (χ1) is 14.7. The molecule has 0 radical (unpaired) electrons. The van der Waals surface area contributed by atoms with E-state index in [0.29, 0.717) is 28.9 Å². The Morgan fingerprint density at radius 3 is 2.17 bits per heavy atom. The number of rotatable bonds is 6. The van der Waals surface area contributed by atoms with Crippen LogP contribution in [0.1, 0.15) is 5.89 Å². The van der Waals surface area contributed by atoms with Gasteiger partial charge < -0.3 is 15.1 Å². The number of hydrogen-bond donors (Lipinski definition) is 2. The van der Waals surface area contributed by atoms with E-state index in [2.05, 4.69) is 20.8 Å². The Morgan fingerprint density at radius 1 is 0.867 bits per heavy atom. The molecule has 0 aliphatic heterocycles. The highest BCUT2D eigenvalue weighted by molar-refractivity contribution is 7.98. The molecule has 4 rings (SSSR count). The lowest BCUT2D eigenvalue weighted by molar-refractivity contribution is 0.262. The zero-order valence-corrected chi connectivity index (χ0v) is 16.5. The largest absolute Gasteiger partial charge is 0.420 e. The van der Waals surface area contributed by atoms with Gasteiger partial charge in [0, 0.05) is 21.8 Å². The van der Waals surface area contributed by atoms with Gasteiger partial charge in [-0.25, -0.2) is 9.18 Å². The summed E-state index contributed by atoms with van der Waals surface area (Å²) in [5, 5.41) is 13.5. The summed E-state index contributed by atoms with van der Waals surface area (Å²) >= 11 is 1.55. The van der Waals surface area contributed by atoms with Crippen LogP contribution in [-0.4, -0.2) is 16.2 Å². The Labute approximate surface area is 176 Å². The highest BCUT2D eigenvalue weighted by Crippen LogP contribution is 2.25. The second-order valence-corrected chi connectivity index (χ2v) is 7.31. The number of aromatic nitrogens is 2. The van der Waals surface area contributed by atoms with E-state index in [1.165, 1.54) is 24.3 Å². The summed E-state index contributed by atoms with van der Waals surface area (Å²) in [6, 6.07) is 22.2. The summed E-state index contributed by atoms with van der Waals surface area (Å²) in [5.74, 6) is 1.22. The third-order valence-corrected chi connectivity index (χ3v) is 5.06. The molecule has 2 amide bonds. The van der Waals surface area contributed by atoms with Crippen molar-refractivity contribution in [2.24, 2.45) is 0 Å². The van der Waals surface area contributed by atoms with Crippen LogP contribution in [0.4, 0.5) is 20.6 Å². The van der Waals surface area contributed by atoms with Crippen LogP contribution in [0.15, 0.2) is 88.2 Å². The molecule has 150 valence electrons. The normalized spacial score (nSPS) is 10.6. The van der Waals surface area contributed by atoms with Crippen molar-refractivity contribution >= 4 is 29.2 Å². The predicted molar refractivity (Wildman–Crippen MR) is 115 cm³/mol. The second-order valence-electron chi connectivity index (χ2n) is 6.27. The lowest BCUT2D eigenvalue weighted by atomic mass is 10.2. The monoisotopic (exact) mass is 420 g/mol. The minimum absolute atomic E-state index is 0.356. The second kappa shape index (κ2) is 9.23. The Bertz CT molecular complexity index is 1120. The van der Waals surface area contributed by atoms with E-state index in [4.69, 9.17) is 4.42 Å². The van der Waals surface area contributed by atoms with Crippen LogP contribution < -0.4 is 10.6 Å². The topological polar surface area (TPSA) is 80.0 Å². The van der Waals surface area contributed by atoms with Gasteiger partial charge in [-0.05, 0) is 60.7 Å². The van der Waals surface area contributed by atoms with Crippen LogP contribution >= 0.6 is 11.8 Å². The number of anilines is 2. The number of benzene rings is 3. The molecule has 1 aromatic heterocycles. The predicted octanol–water partition coefficient (Wildman–Crippen LogP) is 5.81. The van der Waals surface area contributed by atoms with Crippen LogP contribution in [-0.2, 0) is 5.75 Å². The molecule has 30 heavy (non-hydrogen) atoms. The van der Waals surface area contributed by atoms with Crippen molar-refractivity contribution in [3.05, 3.63) is 90.6 Å². The van der Waals surface area contributed by atoms with E-state index >= 15 is 0 Å². The van der Waals surface area contributed by atoms with E-state index in [1.807, 2.05) is 42.5 Å². The lowest BCUT2D eigenvalue weighted by Gasteiger charge is -2.08. The standard InChI is InChI=1S/C22H17FN4O2S/c23-16-6-8-17(9-7-16)24-22(28)25-18-10-12-19(13-11-18)30-14-20-26-27-21(29-20)15-4-2-1-3-5-15/h1-13H,14H2,(H2,24,25,28). The maximum absolute atomic E-state index is 12.9. The van der Waals surface area contributed by atoms with E-state index in [-0.39, 0.29) is 5.82 Å². The quantitative estimate of drug-likeness (QED) is 0.385.